The zero-order valence-corrected chi connectivity index (χ0v) is 17.7. The van der Waals surface area contributed by atoms with E-state index in [0.29, 0.717) is 34.0 Å². The van der Waals surface area contributed by atoms with Crippen LogP contribution >= 0.6 is 11.3 Å². The van der Waals surface area contributed by atoms with Gasteiger partial charge in [-0.1, -0.05) is 11.3 Å². The van der Waals surface area contributed by atoms with Gasteiger partial charge in [-0.2, -0.15) is 0 Å². The number of methoxy groups -OCH3 is 3. The van der Waals surface area contributed by atoms with Crippen molar-refractivity contribution in [1.82, 2.24) is 4.98 Å². The van der Waals surface area contributed by atoms with Crippen LogP contribution in [0.15, 0.2) is 30.3 Å². The van der Waals surface area contributed by atoms with E-state index in [-0.39, 0.29) is 11.0 Å². The van der Waals surface area contributed by atoms with Crippen LogP contribution in [-0.2, 0) is 10.0 Å². The summed E-state index contributed by atoms with van der Waals surface area (Å²) in [6, 6.07) is 8.20. The van der Waals surface area contributed by atoms with Crippen molar-refractivity contribution < 1.29 is 27.4 Å². The van der Waals surface area contributed by atoms with Crippen molar-refractivity contribution in [3.8, 4) is 17.2 Å². The van der Waals surface area contributed by atoms with E-state index in [2.05, 4.69) is 15.0 Å². The Morgan fingerprint density at radius 3 is 2.24 bits per heavy atom. The molecule has 3 rings (SSSR count). The second-order valence-corrected chi connectivity index (χ2v) is 8.72. The highest BCUT2D eigenvalue weighted by Gasteiger charge is 2.17. The van der Waals surface area contributed by atoms with Crippen LogP contribution in [0.5, 0.6) is 17.2 Å². The average Bonchev–Trinajstić information content (AvgIpc) is 3.06. The molecule has 0 spiro atoms. The summed E-state index contributed by atoms with van der Waals surface area (Å²) in [4.78, 5) is 16.9. The van der Waals surface area contributed by atoms with Gasteiger partial charge in [0.2, 0.25) is 15.8 Å². The second-order valence-electron chi connectivity index (χ2n) is 5.94. The van der Waals surface area contributed by atoms with Gasteiger partial charge in [0, 0.05) is 11.3 Å². The standard InChI is InChI=1S/C18H19N3O6S2/c1-25-13-7-10(8-14(26-2)16(13)27-3)17(22)19-11-5-6-12-15(9-11)28-18(20-12)21-29(4,23)24/h5-9H,1-4H3,(H,19,22)(H,20,21). The first kappa shape index (κ1) is 20.7. The van der Waals surface area contributed by atoms with Crippen molar-refractivity contribution in [2.75, 3.05) is 37.6 Å². The molecule has 9 nitrogen and oxygen atoms in total. The number of hydrogen-bond acceptors (Lipinski definition) is 8. The molecule has 11 heteroatoms. The molecule has 0 unspecified atom stereocenters. The minimum atomic E-state index is -3.41. The van der Waals surface area contributed by atoms with Gasteiger partial charge in [0.25, 0.3) is 5.91 Å². The Bertz CT molecular complexity index is 1150. The SMILES string of the molecule is COc1cc(C(=O)Nc2ccc3nc(NS(C)(=O)=O)sc3c2)cc(OC)c1OC. The van der Waals surface area contributed by atoms with E-state index >= 15 is 0 Å². The molecule has 154 valence electrons. The number of ether oxygens (including phenoxy) is 3. The molecule has 0 aliphatic rings. The van der Waals surface area contributed by atoms with Crippen molar-refractivity contribution in [2.24, 2.45) is 0 Å². The van der Waals surface area contributed by atoms with Gasteiger partial charge in [-0.25, -0.2) is 13.4 Å². The second kappa shape index (κ2) is 8.13. The fourth-order valence-electron chi connectivity index (χ4n) is 2.62. The van der Waals surface area contributed by atoms with Crippen LogP contribution in [0.1, 0.15) is 10.4 Å². The van der Waals surface area contributed by atoms with Crippen LogP contribution in [0.4, 0.5) is 10.8 Å². The fraction of sp³-hybridized carbons (Fsp3) is 0.222. The third-order valence-electron chi connectivity index (χ3n) is 3.85. The lowest BCUT2D eigenvalue weighted by molar-refractivity contribution is 0.102. The van der Waals surface area contributed by atoms with Crippen molar-refractivity contribution in [2.45, 2.75) is 0 Å². The maximum atomic E-state index is 12.7. The third kappa shape index (κ3) is 4.69. The minimum Gasteiger partial charge on any atom is -0.493 e. The quantitative estimate of drug-likeness (QED) is 0.584. The van der Waals surface area contributed by atoms with Crippen molar-refractivity contribution >= 4 is 48.3 Å². The number of fused-ring (bicyclic) bond motifs is 1. The van der Waals surface area contributed by atoms with E-state index in [4.69, 9.17) is 14.2 Å². The molecule has 0 radical (unpaired) electrons. The molecular formula is C18H19N3O6S2. The number of nitrogens with one attached hydrogen (secondary N) is 2. The molecule has 1 heterocycles. The molecule has 0 saturated carbocycles. The van der Waals surface area contributed by atoms with Crippen molar-refractivity contribution in [3.63, 3.8) is 0 Å². The van der Waals surface area contributed by atoms with Gasteiger partial charge in [-0.15, -0.1) is 0 Å². The molecule has 0 bridgehead atoms. The number of carbonyl (C=O) groups is 1. The summed E-state index contributed by atoms with van der Waals surface area (Å²) in [7, 11) is 1.01. The molecular weight excluding hydrogens is 418 g/mol. The number of hydrogen-bond donors (Lipinski definition) is 2. The molecule has 0 atom stereocenters. The molecule has 1 amide bonds. The Morgan fingerprint density at radius 2 is 1.69 bits per heavy atom. The Hall–Kier alpha value is -3.05. The molecule has 0 fully saturated rings. The summed E-state index contributed by atoms with van der Waals surface area (Å²) in [5, 5.41) is 3.06. The van der Waals surface area contributed by atoms with Crippen LogP contribution in [-0.4, -0.2) is 46.9 Å². The lowest BCUT2D eigenvalue weighted by Gasteiger charge is -2.14. The van der Waals surface area contributed by atoms with E-state index in [0.717, 1.165) is 11.0 Å². The third-order valence-corrected chi connectivity index (χ3v) is 5.47. The topological polar surface area (TPSA) is 116 Å². The number of sulfonamides is 1. The summed E-state index contributed by atoms with van der Waals surface area (Å²) < 4.78 is 41.6. The van der Waals surface area contributed by atoms with Crippen molar-refractivity contribution in [3.05, 3.63) is 35.9 Å². The molecule has 0 saturated heterocycles. The number of thiazole rings is 1. The zero-order valence-electron chi connectivity index (χ0n) is 16.1. The largest absolute Gasteiger partial charge is 0.493 e. The van der Waals surface area contributed by atoms with E-state index in [1.54, 1.807) is 30.3 Å². The van der Waals surface area contributed by atoms with Gasteiger partial charge in [-0.3, -0.25) is 9.52 Å². The Balaban J connectivity index is 1.87. The fourth-order valence-corrected chi connectivity index (χ4v) is 4.36. The molecule has 2 N–H and O–H groups in total. The molecule has 0 aliphatic heterocycles. The highest BCUT2D eigenvalue weighted by atomic mass is 32.2. The van der Waals surface area contributed by atoms with E-state index in [1.165, 1.54) is 32.7 Å². The Morgan fingerprint density at radius 1 is 1.03 bits per heavy atom. The van der Waals surface area contributed by atoms with Crippen LogP contribution in [0, 0.1) is 0 Å². The molecule has 29 heavy (non-hydrogen) atoms. The number of aromatic nitrogens is 1. The van der Waals surface area contributed by atoms with Gasteiger partial charge in [0.05, 0.1) is 37.8 Å². The normalized spacial score (nSPS) is 11.2. The van der Waals surface area contributed by atoms with Crippen molar-refractivity contribution in [1.29, 1.82) is 0 Å². The van der Waals surface area contributed by atoms with Gasteiger partial charge in [-0.05, 0) is 30.3 Å². The molecule has 3 aromatic rings. The van der Waals surface area contributed by atoms with Crippen LogP contribution in [0.3, 0.4) is 0 Å². The Labute approximate surface area is 171 Å². The van der Waals surface area contributed by atoms with E-state index in [9.17, 15) is 13.2 Å². The number of nitrogens with zero attached hydrogens (tertiary/aromatic N) is 1. The first-order valence-electron chi connectivity index (χ1n) is 8.24. The minimum absolute atomic E-state index is 0.260. The van der Waals surface area contributed by atoms with Gasteiger partial charge >= 0.3 is 0 Å². The molecule has 0 aliphatic carbocycles. The first-order chi connectivity index (χ1) is 13.7. The van der Waals surface area contributed by atoms with Gasteiger partial charge in [0.1, 0.15) is 0 Å². The summed E-state index contributed by atoms with van der Waals surface area (Å²) >= 11 is 1.17. The summed E-state index contributed by atoms with van der Waals surface area (Å²) in [5.41, 5.74) is 1.47. The smallest absolute Gasteiger partial charge is 0.255 e. The number of carbonyl (C=O) groups excluding carboxylic acids is 1. The molecule has 1 aromatic heterocycles. The lowest BCUT2D eigenvalue weighted by atomic mass is 10.1. The van der Waals surface area contributed by atoms with Crippen LogP contribution < -0.4 is 24.2 Å². The zero-order chi connectivity index (χ0) is 21.2. The summed E-state index contributed by atoms with van der Waals surface area (Å²) in [5.74, 6) is 0.754. The highest BCUT2D eigenvalue weighted by Crippen LogP contribution is 2.38. The highest BCUT2D eigenvalue weighted by molar-refractivity contribution is 7.92. The summed E-state index contributed by atoms with van der Waals surface area (Å²) in [6.07, 6.45) is 1.06. The van der Waals surface area contributed by atoms with Crippen LogP contribution in [0.2, 0.25) is 0 Å². The average molecular weight is 437 g/mol. The molecule has 2 aromatic carbocycles. The predicted octanol–water partition coefficient (Wildman–Crippen LogP) is 2.95. The van der Waals surface area contributed by atoms with E-state index < -0.39 is 10.0 Å². The number of rotatable bonds is 7. The monoisotopic (exact) mass is 437 g/mol. The maximum absolute atomic E-state index is 12.7. The summed E-state index contributed by atoms with van der Waals surface area (Å²) in [6.45, 7) is 0. The first-order valence-corrected chi connectivity index (χ1v) is 10.9. The lowest BCUT2D eigenvalue weighted by Crippen LogP contribution is -2.12. The Kier molecular flexibility index (Phi) is 5.80. The number of amides is 1. The van der Waals surface area contributed by atoms with Gasteiger partial charge in [0.15, 0.2) is 16.6 Å². The number of anilines is 2. The predicted molar refractivity (Wildman–Crippen MR) is 112 cm³/mol. The maximum Gasteiger partial charge on any atom is 0.255 e. The number of benzene rings is 2. The van der Waals surface area contributed by atoms with Crippen LogP contribution in [0.25, 0.3) is 10.2 Å². The van der Waals surface area contributed by atoms with Gasteiger partial charge < -0.3 is 19.5 Å². The van der Waals surface area contributed by atoms with E-state index in [1.807, 2.05) is 0 Å².